The lowest BCUT2D eigenvalue weighted by Gasteiger charge is -2.20. The van der Waals surface area contributed by atoms with Crippen molar-refractivity contribution in [1.82, 2.24) is 4.98 Å². The Morgan fingerprint density at radius 1 is 1.36 bits per heavy atom. The van der Waals surface area contributed by atoms with Gasteiger partial charge >= 0.3 is 0 Å². The quantitative estimate of drug-likeness (QED) is 0.932. The molecule has 3 rings (SSSR count). The number of rotatable bonds is 3. The minimum Gasteiger partial charge on any atom is -0.486 e. The van der Waals surface area contributed by atoms with Gasteiger partial charge in [-0.15, -0.1) is 11.3 Å². The first kappa shape index (κ1) is 15.1. The van der Waals surface area contributed by atoms with Gasteiger partial charge in [0.05, 0.1) is 17.1 Å². The Balaban J connectivity index is 1.72. The Morgan fingerprint density at radius 2 is 2.14 bits per heavy atom. The zero-order valence-electron chi connectivity index (χ0n) is 12.2. The zero-order valence-corrected chi connectivity index (χ0v) is 13.8. The number of hydrogen-bond donors (Lipinski definition) is 1. The summed E-state index contributed by atoms with van der Waals surface area (Å²) >= 11 is 7.63. The molecule has 0 saturated carbocycles. The molecule has 1 aliphatic heterocycles. The van der Waals surface area contributed by atoms with Crippen LogP contribution >= 0.6 is 22.9 Å². The maximum absolute atomic E-state index is 12.1. The molecule has 1 aromatic heterocycles. The van der Waals surface area contributed by atoms with Crippen molar-refractivity contribution in [3.63, 3.8) is 0 Å². The monoisotopic (exact) mass is 338 g/mol. The number of fused-ring (bicyclic) bond motifs is 1. The van der Waals surface area contributed by atoms with E-state index in [1.54, 1.807) is 12.1 Å². The van der Waals surface area contributed by atoms with Crippen molar-refractivity contribution in [2.24, 2.45) is 0 Å². The number of benzene rings is 1. The van der Waals surface area contributed by atoms with Crippen molar-refractivity contribution < 1.29 is 14.3 Å². The van der Waals surface area contributed by atoms with Gasteiger partial charge in [0.1, 0.15) is 13.2 Å². The van der Waals surface area contributed by atoms with Crippen molar-refractivity contribution in [3.05, 3.63) is 33.3 Å². The van der Waals surface area contributed by atoms with E-state index in [-0.39, 0.29) is 12.3 Å². The van der Waals surface area contributed by atoms with Gasteiger partial charge in [0, 0.05) is 4.88 Å². The number of nitrogens with zero attached hydrogens (tertiary/aromatic N) is 1. The average Bonchev–Trinajstić information content (AvgIpc) is 2.77. The molecule has 0 unspecified atom stereocenters. The second-order valence-electron chi connectivity index (χ2n) is 4.99. The van der Waals surface area contributed by atoms with Gasteiger partial charge in [0.15, 0.2) is 16.6 Å². The Hall–Kier alpha value is -1.79. The number of aromatic nitrogens is 1. The second-order valence-corrected chi connectivity index (χ2v) is 6.60. The van der Waals surface area contributed by atoms with E-state index in [9.17, 15) is 4.79 Å². The highest BCUT2D eigenvalue weighted by Gasteiger charge is 2.18. The molecule has 1 amide bonds. The van der Waals surface area contributed by atoms with Crippen molar-refractivity contribution in [2.75, 3.05) is 18.5 Å². The highest BCUT2D eigenvalue weighted by Crippen LogP contribution is 2.38. The molecule has 0 bridgehead atoms. The number of ether oxygens (including phenoxy) is 2. The maximum Gasteiger partial charge on any atom is 0.230 e. The van der Waals surface area contributed by atoms with Crippen LogP contribution in [0.25, 0.3) is 0 Å². The molecular formula is C15H15ClN2O3S. The van der Waals surface area contributed by atoms with E-state index in [1.807, 2.05) is 13.8 Å². The van der Waals surface area contributed by atoms with Crippen LogP contribution in [0, 0.1) is 13.8 Å². The summed E-state index contributed by atoms with van der Waals surface area (Å²) in [4.78, 5) is 17.5. The number of carbonyl (C=O) groups excluding carboxylic acids is 1. The minimum absolute atomic E-state index is 0.138. The van der Waals surface area contributed by atoms with Gasteiger partial charge < -0.3 is 14.8 Å². The maximum atomic E-state index is 12.1. The Kier molecular flexibility index (Phi) is 4.22. The van der Waals surface area contributed by atoms with E-state index >= 15 is 0 Å². The lowest BCUT2D eigenvalue weighted by Crippen LogP contribution is -2.17. The number of anilines is 1. The summed E-state index contributed by atoms with van der Waals surface area (Å²) in [6.45, 7) is 4.86. The van der Waals surface area contributed by atoms with E-state index in [2.05, 4.69) is 10.3 Å². The van der Waals surface area contributed by atoms with Crippen LogP contribution in [0.4, 0.5) is 5.13 Å². The molecule has 1 aromatic carbocycles. The van der Waals surface area contributed by atoms with Crippen LogP contribution in [-0.2, 0) is 11.2 Å². The summed E-state index contributed by atoms with van der Waals surface area (Å²) in [6, 6.07) is 3.52. The summed E-state index contributed by atoms with van der Waals surface area (Å²) in [5.74, 6) is 0.993. The Bertz CT molecular complexity index is 710. The predicted octanol–water partition coefficient (Wildman–Crippen LogP) is 3.37. The highest BCUT2D eigenvalue weighted by molar-refractivity contribution is 7.15. The second kappa shape index (κ2) is 6.14. The summed E-state index contributed by atoms with van der Waals surface area (Å²) in [6.07, 6.45) is 0.202. The minimum atomic E-state index is -0.138. The SMILES string of the molecule is Cc1nc(NC(=O)Cc2cc(Cl)c3c(c2)OCCO3)sc1C. The number of nitrogens with one attached hydrogen (secondary N) is 1. The molecular weight excluding hydrogens is 324 g/mol. The predicted molar refractivity (Wildman–Crippen MR) is 86.4 cm³/mol. The largest absolute Gasteiger partial charge is 0.486 e. The molecule has 5 nitrogen and oxygen atoms in total. The normalized spacial score (nSPS) is 13.0. The Labute approximate surface area is 137 Å². The molecule has 0 radical (unpaired) electrons. The third-order valence-electron chi connectivity index (χ3n) is 3.30. The summed E-state index contributed by atoms with van der Waals surface area (Å²) < 4.78 is 11.0. The molecule has 2 heterocycles. The third-order valence-corrected chi connectivity index (χ3v) is 4.57. The number of thiazole rings is 1. The molecule has 1 N–H and O–H groups in total. The molecule has 0 aliphatic carbocycles. The van der Waals surface area contributed by atoms with Gasteiger partial charge in [0.25, 0.3) is 0 Å². The van der Waals surface area contributed by atoms with Crippen LogP contribution in [0.1, 0.15) is 16.1 Å². The number of amides is 1. The first-order chi connectivity index (χ1) is 10.5. The number of hydrogen-bond acceptors (Lipinski definition) is 5. The highest BCUT2D eigenvalue weighted by atomic mass is 35.5. The van der Waals surface area contributed by atoms with Crippen molar-refractivity contribution in [3.8, 4) is 11.5 Å². The average molecular weight is 339 g/mol. The van der Waals surface area contributed by atoms with E-state index in [1.165, 1.54) is 11.3 Å². The molecule has 1 aliphatic rings. The molecule has 0 spiro atoms. The molecule has 116 valence electrons. The van der Waals surface area contributed by atoms with Crippen molar-refractivity contribution in [1.29, 1.82) is 0 Å². The topological polar surface area (TPSA) is 60.5 Å². The van der Waals surface area contributed by atoms with E-state index in [0.29, 0.717) is 34.9 Å². The van der Waals surface area contributed by atoms with Gasteiger partial charge in [-0.25, -0.2) is 4.98 Å². The van der Waals surface area contributed by atoms with Gasteiger partial charge in [-0.1, -0.05) is 11.6 Å². The lowest BCUT2D eigenvalue weighted by atomic mass is 10.1. The Morgan fingerprint density at radius 3 is 2.86 bits per heavy atom. The van der Waals surface area contributed by atoms with E-state index < -0.39 is 0 Å². The van der Waals surface area contributed by atoms with Crippen LogP contribution in [0.3, 0.4) is 0 Å². The summed E-state index contributed by atoms with van der Waals surface area (Å²) in [5, 5.41) is 3.88. The molecule has 2 aromatic rings. The smallest absolute Gasteiger partial charge is 0.230 e. The van der Waals surface area contributed by atoms with E-state index in [0.717, 1.165) is 16.1 Å². The lowest BCUT2D eigenvalue weighted by molar-refractivity contribution is -0.115. The number of carbonyl (C=O) groups is 1. The fourth-order valence-corrected chi connectivity index (χ4v) is 3.26. The first-order valence-electron chi connectivity index (χ1n) is 6.85. The number of halogens is 1. The van der Waals surface area contributed by atoms with Crippen LogP contribution in [0.2, 0.25) is 5.02 Å². The molecule has 0 fully saturated rings. The standard InChI is InChI=1S/C15H15ClN2O3S/c1-8-9(2)22-15(17-8)18-13(19)7-10-5-11(16)14-12(6-10)20-3-4-21-14/h5-6H,3-4,7H2,1-2H3,(H,17,18,19). The fraction of sp³-hybridized carbons (Fsp3) is 0.333. The van der Waals surface area contributed by atoms with Gasteiger partial charge in [0.2, 0.25) is 5.91 Å². The molecule has 0 atom stereocenters. The van der Waals surface area contributed by atoms with E-state index in [4.69, 9.17) is 21.1 Å². The van der Waals surface area contributed by atoms with Gasteiger partial charge in [-0.05, 0) is 31.5 Å². The summed E-state index contributed by atoms with van der Waals surface area (Å²) in [7, 11) is 0. The summed E-state index contributed by atoms with van der Waals surface area (Å²) in [5.41, 5.74) is 1.71. The molecule has 7 heteroatoms. The van der Waals surface area contributed by atoms with Crippen LogP contribution in [0.15, 0.2) is 12.1 Å². The van der Waals surface area contributed by atoms with Crippen LogP contribution in [0.5, 0.6) is 11.5 Å². The van der Waals surface area contributed by atoms with Gasteiger partial charge in [-0.2, -0.15) is 0 Å². The zero-order chi connectivity index (χ0) is 15.7. The molecule has 22 heavy (non-hydrogen) atoms. The number of aryl methyl sites for hydroxylation is 2. The van der Waals surface area contributed by atoms with Crippen molar-refractivity contribution >= 4 is 34.0 Å². The van der Waals surface area contributed by atoms with Gasteiger partial charge in [-0.3, -0.25) is 4.79 Å². The third kappa shape index (κ3) is 3.18. The van der Waals surface area contributed by atoms with Crippen LogP contribution in [-0.4, -0.2) is 24.1 Å². The molecule has 0 saturated heterocycles. The first-order valence-corrected chi connectivity index (χ1v) is 8.04. The van der Waals surface area contributed by atoms with Crippen LogP contribution < -0.4 is 14.8 Å². The fourth-order valence-electron chi connectivity index (χ4n) is 2.14. The van der Waals surface area contributed by atoms with Crippen molar-refractivity contribution in [2.45, 2.75) is 20.3 Å².